The summed E-state index contributed by atoms with van der Waals surface area (Å²) in [5.74, 6) is -0.311. The molecule has 0 bridgehead atoms. The average molecular weight is 290 g/mol. The van der Waals surface area contributed by atoms with E-state index in [1.165, 1.54) is 11.9 Å². The molecule has 3 amide bonds. The van der Waals surface area contributed by atoms with Gasteiger partial charge in [0.05, 0.1) is 10.5 Å². The number of nitrogens with zero attached hydrogens (tertiary/aromatic N) is 2. The summed E-state index contributed by atoms with van der Waals surface area (Å²) in [5, 5.41) is 1.53. The van der Waals surface area contributed by atoms with Crippen LogP contribution in [0.4, 0.5) is 4.79 Å². The van der Waals surface area contributed by atoms with Gasteiger partial charge in [0, 0.05) is 31.2 Å². The quantitative estimate of drug-likeness (QED) is 0.648. The number of H-pyrrole nitrogens is 1. The Hall–Kier alpha value is -2.27. The van der Waals surface area contributed by atoms with Crippen LogP contribution in [0.15, 0.2) is 30.1 Å². The largest absolute Gasteiger partial charge is 0.359 e. The van der Waals surface area contributed by atoms with E-state index in [-0.39, 0.29) is 11.9 Å². The minimum absolute atomic E-state index is 0.311. The topological polar surface area (TPSA) is 56.4 Å². The van der Waals surface area contributed by atoms with Crippen LogP contribution in [0.5, 0.6) is 0 Å². The van der Waals surface area contributed by atoms with Gasteiger partial charge in [-0.3, -0.25) is 14.6 Å². The van der Waals surface area contributed by atoms with E-state index < -0.39 is 0 Å². The van der Waals surface area contributed by atoms with Crippen LogP contribution in [0.2, 0.25) is 5.02 Å². The van der Waals surface area contributed by atoms with Gasteiger partial charge in [0.15, 0.2) is 0 Å². The van der Waals surface area contributed by atoms with Crippen molar-refractivity contribution >= 4 is 40.5 Å². The molecule has 5 nitrogen and oxygen atoms in total. The van der Waals surface area contributed by atoms with Crippen LogP contribution in [-0.2, 0) is 4.79 Å². The molecule has 0 unspecified atom stereocenters. The Bertz CT molecular complexity index is 763. The zero-order chi connectivity index (χ0) is 14.4. The van der Waals surface area contributed by atoms with Gasteiger partial charge in [0.2, 0.25) is 0 Å². The van der Waals surface area contributed by atoms with E-state index in [1.807, 2.05) is 12.1 Å². The Labute approximate surface area is 120 Å². The summed E-state index contributed by atoms with van der Waals surface area (Å²) in [6, 6.07) is 5.22. The lowest BCUT2D eigenvalue weighted by Crippen LogP contribution is -2.27. The molecule has 1 aliphatic heterocycles. The molecular weight excluding hydrogens is 278 g/mol. The number of aromatic nitrogens is 1. The number of urea groups is 1. The third kappa shape index (κ3) is 1.71. The molecule has 0 spiro atoms. The highest BCUT2D eigenvalue weighted by Gasteiger charge is 2.35. The third-order valence-electron chi connectivity index (χ3n) is 3.45. The summed E-state index contributed by atoms with van der Waals surface area (Å²) in [6.07, 6.45) is 3.46. The monoisotopic (exact) mass is 289 g/mol. The number of halogens is 1. The van der Waals surface area contributed by atoms with E-state index >= 15 is 0 Å². The second-order valence-corrected chi connectivity index (χ2v) is 5.05. The summed E-state index contributed by atoms with van der Waals surface area (Å²) in [4.78, 5) is 29.3. The Morgan fingerprint density at radius 1 is 1.20 bits per heavy atom. The molecule has 2 heterocycles. The summed E-state index contributed by atoms with van der Waals surface area (Å²) in [7, 11) is 3.05. The molecule has 1 N–H and O–H groups in total. The molecule has 20 heavy (non-hydrogen) atoms. The van der Waals surface area contributed by atoms with E-state index in [9.17, 15) is 9.59 Å². The zero-order valence-corrected chi connectivity index (χ0v) is 11.7. The molecule has 1 fully saturated rings. The molecule has 1 saturated heterocycles. The first-order valence-electron chi connectivity index (χ1n) is 6.03. The number of hydrogen-bond acceptors (Lipinski definition) is 2. The van der Waals surface area contributed by atoms with Gasteiger partial charge >= 0.3 is 6.03 Å². The zero-order valence-electron chi connectivity index (χ0n) is 11.0. The average Bonchev–Trinajstić information content (AvgIpc) is 2.92. The molecular formula is C14H12ClN3O2. The molecule has 0 radical (unpaired) electrons. The number of carbonyl (C=O) groups excluding carboxylic acids is 2. The molecule has 0 saturated carbocycles. The first-order chi connectivity index (χ1) is 9.50. The van der Waals surface area contributed by atoms with Crippen molar-refractivity contribution < 1.29 is 9.59 Å². The van der Waals surface area contributed by atoms with Crippen molar-refractivity contribution in [1.82, 2.24) is 14.8 Å². The van der Waals surface area contributed by atoms with Crippen molar-refractivity contribution in [3.63, 3.8) is 0 Å². The first-order valence-corrected chi connectivity index (χ1v) is 6.41. The van der Waals surface area contributed by atoms with Gasteiger partial charge in [0.1, 0.15) is 5.70 Å². The smallest absolute Gasteiger partial charge is 0.331 e. The fourth-order valence-electron chi connectivity index (χ4n) is 2.29. The molecule has 1 aromatic carbocycles. The van der Waals surface area contributed by atoms with Gasteiger partial charge in [-0.1, -0.05) is 23.7 Å². The van der Waals surface area contributed by atoms with Crippen LogP contribution in [0.3, 0.4) is 0 Å². The normalized spacial score (nSPS) is 17.9. The molecule has 102 valence electrons. The maximum Gasteiger partial charge on any atom is 0.331 e. The number of aromatic amines is 1. The highest BCUT2D eigenvalue weighted by molar-refractivity contribution is 6.35. The number of para-hydroxylation sites is 1. The predicted molar refractivity (Wildman–Crippen MR) is 77.2 cm³/mol. The van der Waals surface area contributed by atoms with Crippen molar-refractivity contribution in [2.24, 2.45) is 0 Å². The minimum atomic E-state index is -0.334. The minimum Gasteiger partial charge on any atom is -0.359 e. The number of fused-ring (bicyclic) bond motifs is 1. The highest BCUT2D eigenvalue weighted by atomic mass is 35.5. The molecule has 6 heteroatoms. The van der Waals surface area contributed by atoms with Crippen molar-refractivity contribution in [2.45, 2.75) is 0 Å². The van der Waals surface area contributed by atoms with E-state index in [1.54, 1.807) is 25.4 Å². The van der Waals surface area contributed by atoms with Gasteiger partial charge < -0.3 is 4.98 Å². The number of rotatable bonds is 1. The summed E-state index contributed by atoms with van der Waals surface area (Å²) < 4.78 is 0. The highest BCUT2D eigenvalue weighted by Crippen LogP contribution is 2.28. The molecule has 3 rings (SSSR count). The Kier molecular flexibility index (Phi) is 2.79. The molecule has 2 aromatic rings. The second kappa shape index (κ2) is 4.38. The number of hydrogen-bond donors (Lipinski definition) is 1. The first kappa shape index (κ1) is 12.7. The van der Waals surface area contributed by atoms with Crippen LogP contribution < -0.4 is 0 Å². The number of nitrogens with one attached hydrogen (secondary N) is 1. The van der Waals surface area contributed by atoms with E-state index in [2.05, 4.69) is 4.98 Å². The van der Waals surface area contributed by atoms with Crippen LogP contribution in [0.25, 0.3) is 17.0 Å². The van der Waals surface area contributed by atoms with Gasteiger partial charge in [-0.25, -0.2) is 4.79 Å². The van der Waals surface area contributed by atoms with Crippen molar-refractivity contribution in [3.8, 4) is 0 Å². The van der Waals surface area contributed by atoms with Crippen LogP contribution in [0.1, 0.15) is 5.56 Å². The van der Waals surface area contributed by atoms with Gasteiger partial charge in [-0.15, -0.1) is 0 Å². The van der Waals surface area contributed by atoms with Gasteiger partial charge in [-0.2, -0.15) is 0 Å². The fraction of sp³-hybridized carbons (Fsp3) is 0.143. The summed E-state index contributed by atoms with van der Waals surface area (Å²) in [5.41, 5.74) is 1.98. The van der Waals surface area contributed by atoms with Crippen LogP contribution in [-0.4, -0.2) is 40.8 Å². The van der Waals surface area contributed by atoms with Gasteiger partial charge in [-0.05, 0) is 12.1 Å². The second-order valence-electron chi connectivity index (χ2n) is 4.64. The number of carbonyl (C=O) groups is 2. The Balaban J connectivity index is 2.14. The van der Waals surface area contributed by atoms with Crippen molar-refractivity contribution in [3.05, 3.63) is 40.7 Å². The maximum absolute atomic E-state index is 12.0. The predicted octanol–water partition coefficient (Wildman–Crippen LogP) is 2.69. The van der Waals surface area contributed by atoms with E-state index in [0.29, 0.717) is 10.7 Å². The number of likely N-dealkylation sites (N-methyl/N-ethyl adjacent to an activating group) is 2. The fourth-order valence-corrected chi connectivity index (χ4v) is 2.52. The SMILES string of the molecule is CN1C(=O)/C(=C\c2c[nH]c3c(Cl)cccc23)N(C)C1=O. The van der Waals surface area contributed by atoms with Gasteiger partial charge in [0.25, 0.3) is 5.91 Å². The standard InChI is InChI=1S/C14H12ClN3O2/c1-17-11(13(19)18(2)14(17)20)6-8-7-16-12-9(8)4-3-5-10(12)15/h3-7,16H,1-2H3/b11-6+. The number of amides is 3. The molecule has 0 aliphatic carbocycles. The molecule has 1 aliphatic rings. The molecule has 1 aromatic heterocycles. The van der Waals surface area contributed by atoms with Crippen LogP contribution in [0, 0.1) is 0 Å². The van der Waals surface area contributed by atoms with Crippen molar-refractivity contribution in [2.75, 3.05) is 14.1 Å². The Morgan fingerprint density at radius 2 is 1.95 bits per heavy atom. The third-order valence-corrected chi connectivity index (χ3v) is 3.76. The van der Waals surface area contributed by atoms with Crippen molar-refractivity contribution in [1.29, 1.82) is 0 Å². The lowest BCUT2D eigenvalue weighted by Gasteiger charge is -2.07. The van der Waals surface area contributed by atoms with E-state index in [4.69, 9.17) is 11.6 Å². The summed E-state index contributed by atoms with van der Waals surface area (Å²) in [6.45, 7) is 0. The van der Waals surface area contributed by atoms with E-state index in [0.717, 1.165) is 21.4 Å². The lowest BCUT2D eigenvalue weighted by molar-refractivity contribution is -0.122. The lowest BCUT2D eigenvalue weighted by atomic mass is 10.1. The number of imide groups is 1. The number of benzene rings is 1. The maximum atomic E-state index is 12.0. The summed E-state index contributed by atoms with van der Waals surface area (Å²) >= 11 is 6.10. The molecule has 0 atom stereocenters. The van der Waals surface area contributed by atoms with Crippen LogP contribution >= 0.6 is 11.6 Å². The Morgan fingerprint density at radius 3 is 2.60 bits per heavy atom.